The molecule has 0 amide bonds. The first-order valence-electron chi connectivity index (χ1n) is 2.92. The molecule has 0 spiro atoms. The van der Waals surface area contributed by atoms with Gasteiger partial charge in [-0.2, -0.15) is 0 Å². The molecule has 0 aromatic heterocycles. The van der Waals surface area contributed by atoms with Gasteiger partial charge >= 0.3 is 0 Å². The second-order valence-electron chi connectivity index (χ2n) is 2.23. The Morgan fingerprint density at radius 2 is 1.90 bits per heavy atom. The summed E-state index contributed by atoms with van der Waals surface area (Å²) in [5.41, 5.74) is 12.3. The fourth-order valence-electron chi connectivity index (χ4n) is 0.780. The summed E-state index contributed by atoms with van der Waals surface area (Å²) >= 11 is 0. The van der Waals surface area contributed by atoms with Crippen molar-refractivity contribution in [1.29, 1.82) is 0 Å². The van der Waals surface area contributed by atoms with Gasteiger partial charge in [0, 0.05) is 0 Å². The minimum atomic E-state index is -0.343. The van der Waals surface area contributed by atoms with Crippen LogP contribution in [0.4, 0.5) is 15.8 Å². The highest BCUT2D eigenvalue weighted by Crippen LogP contribution is 2.19. The lowest BCUT2D eigenvalue weighted by Crippen LogP contribution is -1.97. The first kappa shape index (κ1) is 6.86. The molecule has 0 fully saturated rings. The average Bonchev–Trinajstić information content (AvgIpc) is 1.82. The summed E-state index contributed by atoms with van der Waals surface area (Å²) in [4.78, 5) is 0. The number of nitrogen functional groups attached to an aromatic ring is 2. The molecule has 0 heterocycles. The van der Waals surface area contributed by atoms with Crippen LogP contribution >= 0.6 is 0 Å². The Labute approximate surface area is 58.6 Å². The quantitative estimate of drug-likeness (QED) is 0.533. The molecule has 0 bridgehead atoms. The first-order chi connectivity index (χ1) is 4.61. The van der Waals surface area contributed by atoms with E-state index in [2.05, 4.69) is 0 Å². The van der Waals surface area contributed by atoms with Gasteiger partial charge in [-0.1, -0.05) is 0 Å². The van der Waals surface area contributed by atoms with E-state index in [0.29, 0.717) is 16.9 Å². The molecule has 54 valence electrons. The van der Waals surface area contributed by atoms with Crippen molar-refractivity contribution < 1.29 is 4.39 Å². The van der Waals surface area contributed by atoms with Gasteiger partial charge in [-0.3, -0.25) is 0 Å². The lowest BCUT2D eigenvalue weighted by molar-refractivity contribution is 0.627. The number of hydrogen-bond acceptors (Lipinski definition) is 2. The lowest BCUT2D eigenvalue weighted by Gasteiger charge is -2.02. The lowest BCUT2D eigenvalue weighted by atomic mass is 10.2. The van der Waals surface area contributed by atoms with Crippen molar-refractivity contribution in [2.75, 3.05) is 11.5 Å². The predicted molar refractivity (Wildman–Crippen MR) is 40.0 cm³/mol. The number of rotatable bonds is 0. The van der Waals surface area contributed by atoms with Gasteiger partial charge in [0.2, 0.25) is 0 Å². The molecular formula is C7H9FN2. The van der Waals surface area contributed by atoms with Crippen LogP contribution in [-0.2, 0) is 0 Å². The van der Waals surface area contributed by atoms with Gasteiger partial charge in [0.05, 0.1) is 11.4 Å². The average molecular weight is 140 g/mol. The smallest absolute Gasteiger partial charge is 0.125 e. The van der Waals surface area contributed by atoms with Crippen molar-refractivity contribution in [1.82, 2.24) is 0 Å². The third-order valence-corrected chi connectivity index (χ3v) is 1.38. The Kier molecular flexibility index (Phi) is 1.49. The fraction of sp³-hybridized carbons (Fsp3) is 0.143. The molecular weight excluding hydrogens is 131 g/mol. The predicted octanol–water partition coefficient (Wildman–Crippen LogP) is 1.30. The Hall–Kier alpha value is -1.25. The molecule has 10 heavy (non-hydrogen) atoms. The maximum Gasteiger partial charge on any atom is 0.125 e. The molecule has 0 unspecified atom stereocenters. The topological polar surface area (TPSA) is 52.0 Å². The maximum absolute atomic E-state index is 12.5. The van der Waals surface area contributed by atoms with Crippen LogP contribution in [0.15, 0.2) is 12.1 Å². The number of hydrogen-bond donors (Lipinski definition) is 2. The highest BCUT2D eigenvalue weighted by molar-refractivity contribution is 5.66. The molecule has 1 aromatic rings. The van der Waals surface area contributed by atoms with E-state index in [1.165, 1.54) is 12.1 Å². The largest absolute Gasteiger partial charge is 0.397 e. The first-order valence-corrected chi connectivity index (χ1v) is 2.92. The summed E-state index contributed by atoms with van der Waals surface area (Å²) in [6, 6.07) is 2.56. The van der Waals surface area contributed by atoms with Crippen molar-refractivity contribution in [3.05, 3.63) is 23.5 Å². The standard InChI is InChI=1S/C7H9FN2/c1-4-2-5(8)3-6(9)7(4)10/h2-3H,9-10H2,1H3. The van der Waals surface area contributed by atoms with Crippen molar-refractivity contribution in [3.8, 4) is 0 Å². The third kappa shape index (κ3) is 1.03. The minimum Gasteiger partial charge on any atom is -0.397 e. The van der Waals surface area contributed by atoms with E-state index in [4.69, 9.17) is 11.5 Å². The molecule has 2 nitrogen and oxygen atoms in total. The SMILES string of the molecule is Cc1cc(F)cc(N)c1N. The number of anilines is 2. The van der Waals surface area contributed by atoms with Crippen LogP contribution in [0.25, 0.3) is 0 Å². The molecule has 0 radical (unpaired) electrons. The molecule has 4 N–H and O–H groups in total. The van der Waals surface area contributed by atoms with Crippen LogP contribution in [0.5, 0.6) is 0 Å². The molecule has 0 aliphatic heterocycles. The molecule has 1 rings (SSSR count). The van der Waals surface area contributed by atoms with Gasteiger partial charge in [-0.05, 0) is 24.6 Å². The minimum absolute atomic E-state index is 0.303. The van der Waals surface area contributed by atoms with Gasteiger partial charge in [0.1, 0.15) is 5.82 Å². The van der Waals surface area contributed by atoms with Gasteiger partial charge < -0.3 is 11.5 Å². The Balaban J connectivity index is 3.31. The van der Waals surface area contributed by atoms with Crippen molar-refractivity contribution in [2.24, 2.45) is 0 Å². The number of nitrogens with two attached hydrogens (primary N) is 2. The molecule has 0 saturated carbocycles. The van der Waals surface area contributed by atoms with Crippen LogP contribution in [0.1, 0.15) is 5.56 Å². The zero-order valence-corrected chi connectivity index (χ0v) is 5.69. The molecule has 1 aromatic carbocycles. The summed E-state index contributed by atoms with van der Waals surface area (Å²) in [7, 11) is 0. The van der Waals surface area contributed by atoms with E-state index in [0.717, 1.165) is 0 Å². The molecule has 0 aliphatic rings. The van der Waals surface area contributed by atoms with E-state index in [1.807, 2.05) is 0 Å². The van der Waals surface area contributed by atoms with E-state index >= 15 is 0 Å². The maximum atomic E-state index is 12.5. The van der Waals surface area contributed by atoms with Crippen LogP contribution in [0, 0.1) is 12.7 Å². The Bertz CT molecular complexity index is 235. The highest BCUT2D eigenvalue weighted by Gasteiger charge is 1.99. The van der Waals surface area contributed by atoms with Crippen LogP contribution in [0.3, 0.4) is 0 Å². The van der Waals surface area contributed by atoms with Gasteiger partial charge in [-0.25, -0.2) is 4.39 Å². The second-order valence-corrected chi connectivity index (χ2v) is 2.23. The normalized spacial score (nSPS) is 9.80. The van der Waals surface area contributed by atoms with Crippen molar-refractivity contribution in [2.45, 2.75) is 6.92 Å². The monoisotopic (exact) mass is 140 g/mol. The Morgan fingerprint density at radius 1 is 1.30 bits per heavy atom. The van der Waals surface area contributed by atoms with E-state index in [-0.39, 0.29) is 5.82 Å². The zero-order valence-electron chi connectivity index (χ0n) is 5.69. The number of benzene rings is 1. The van der Waals surface area contributed by atoms with E-state index in [9.17, 15) is 4.39 Å². The summed E-state index contributed by atoms with van der Waals surface area (Å²) in [5, 5.41) is 0. The molecule has 0 saturated heterocycles. The number of aryl methyl sites for hydroxylation is 1. The van der Waals surface area contributed by atoms with Crippen LogP contribution in [0.2, 0.25) is 0 Å². The molecule has 0 aliphatic carbocycles. The fourth-order valence-corrected chi connectivity index (χ4v) is 0.780. The highest BCUT2D eigenvalue weighted by atomic mass is 19.1. The van der Waals surface area contributed by atoms with Crippen molar-refractivity contribution in [3.63, 3.8) is 0 Å². The number of halogens is 1. The third-order valence-electron chi connectivity index (χ3n) is 1.38. The van der Waals surface area contributed by atoms with Crippen LogP contribution < -0.4 is 11.5 Å². The van der Waals surface area contributed by atoms with Crippen molar-refractivity contribution >= 4 is 11.4 Å². The summed E-state index contributed by atoms with van der Waals surface area (Å²) in [6.45, 7) is 1.72. The summed E-state index contributed by atoms with van der Waals surface area (Å²) < 4.78 is 12.5. The molecule has 3 heteroatoms. The van der Waals surface area contributed by atoms with Gasteiger partial charge in [0.15, 0.2) is 0 Å². The van der Waals surface area contributed by atoms with E-state index in [1.54, 1.807) is 6.92 Å². The van der Waals surface area contributed by atoms with Gasteiger partial charge in [0.25, 0.3) is 0 Å². The summed E-state index contributed by atoms with van der Waals surface area (Å²) in [5.74, 6) is -0.343. The zero-order chi connectivity index (χ0) is 7.72. The second kappa shape index (κ2) is 2.17. The summed E-state index contributed by atoms with van der Waals surface area (Å²) in [6.07, 6.45) is 0. The van der Waals surface area contributed by atoms with Gasteiger partial charge in [-0.15, -0.1) is 0 Å². The van der Waals surface area contributed by atoms with Crippen LogP contribution in [-0.4, -0.2) is 0 Å². The molecule has 0 atom stereocenters. The Morgan fingerprint density at radius 3 is 2.40 bits per heavy atom. The van der Waals surface area contributed by atoms with E-state index < -0.39 is 0 Å².